The quantitative estimate of drug-likeness (QED) is 0.152. The second-order valence-corrected chi connectivity index (χ2v) is 11.4. The molecule has 17 heteroatoms. The van der Waals surface area contributed by atoms with Crippen LogP contribution in [0.4, 0.5) is 0 Å². The fourth-order valence-electron chi connectivity index (χ4n) is 4.47. The Balaban J connectivity index is 1.28. The minimum absolute atomic E-state index is 0.244. The standard InChI is InChI=1S/C23H28N2O13S2/c26-4-10-13(28)14(29)16(31)23(36-10)38-18-11(5-27)37-22(17(32)15(18)30)35-7-1-2-8-12(3-7)40-20(24-8)19-25-9(6-39-19)21(33)34/h1-3,9-11,13-18,22-23,26-32H,4-6H2,(H,33,34)/t9-,10-,11-,13-,14+,15-,16-,17-,18-,22-,23-/m1/s1. The number of hydrogen-bond acceptors (Lipinski definition) is 16. The van der Waals surface area contributed by atoms with E-state index < -0.39 is 86.6 Å². The van der Waals surface area contributed by atoms with Gasteiger partial charge in [-0.15, -0.1) is 23.1 Å². The van der Waals surface area contributed by atoms with E-state index in [1.54, 1.807) is 18.2 Å². The number of hydrogen-bond donors (Lipinski definition) is 8. The van der Waals surface area contributed by atoms with Crippen molar-refractivity contribution in [2.75, 3.05) is 19.0 Å². The molecule has 11 atom stereocenters. The first-order valence-electron chi connectivity index (χ1n) is 12.2. The van der Waals surface area contributed by atoms with Gasteiger partial charge < -0.3 is 59.8 Å². The normalized spacial score (nSPS) is 38.4. The monoisotopic (exact) mass is 604 g/mol. The average molecular weight is 605 g/mol. The molecule has 0 radical (unpaired) electrons. The number of carboxylic acids is 1. The third-order valence-electron chi connectivity index (χ3n) is 6.69. The summed E-state index contributed by atoms with van der Waals surface area (Å²) in [4.78, 5) is 19.9. The maximum Gasteiger partial charge on any atom is 0.329 e. The number of aromatic nitrogens is 1. The third kappa shape index (κ3) is 5.69. The number of thiazole rings is 1. The molecule has 5 rings (SSSR count). The second-order valence-electron chi connectivity index (χ2n) is 9.37. The summed E-state index contributed by atoms with van der Waals surface area (Å²) in [5, 5.41) is 81.2. The number of carbonyl (C=O) groups is 1. The predicted molar refractivity (Wildman–Crippen MR) is 137 cm³/mol. The molecule has 1 aromatic carbocycles. The molecule has 0 unspecified atom stereocenters. The van der Waals surface area contributed by atoms with Gasteiger partial charge in [-0.05, 0) is 18.2 Å². The van der Waals surface area contributed by atoms with Crippen molar-refractivity contribution in [3.05, 3.63) is 23.2 Å². The van der Waals surface area contributed by atoms with Crippen molar-refractivity contribution in [3.63, 3.8) is 0 Å². The molecule has 3 aliphatic heterocycles. The van der Waals surface area contributed by atoms with Crippen LogP contribution >= 0.6 is 23.1 Å². The van der Waals surface area contributed by atoms with Crippen LogP contribution in [-0.2, 0) is 19.0 Å². The van der Waals surface area contributed by atoms with Crippen LogP contribution in [0.15, 0.2) is 23.2 Å². The van der Waals surface area contributed by atoms with E-state index in [4.69, 9.17) is 24.1 Å². The van der Waals surface area contributed by atoms with Crippen molar-refractivity contribution in [2.45, 2.75) is 67.5 Å². The van der Waals surface area contributed by atoms with Gasteiger partial charge in [0, 0.05) is 5.75 Å². The van der Waals surface area contributed by atoms with Crippen LogP contribution < -0.4 is 4.74 Å². The summed E-state index contributed by atoms with van der Waals surface area (Å²) < 4.78 is 22.9. The smallest absolute Gasteiger partial charge is 0.329 e. The van der Waals surface area contributed by atoms with Crippen LogP contribution in [0.5, 0.6) is 5.75 Å². The van der Waals surface area contributed by atoms with Crippen molar-refractivity contribution >= 4 is 44.3 Å². The molecule has 40 heavy (non-hydrogen) atoms. The number of thioether (sulfide) groups is 1. The highest BCUT2D eigenvalue weighted by Crippen LogP contribution is 2.34. The molecule has 0 amide bonds. The first-order chi connectivity index (χ1) is 19.1. The summed E-state index contributed by atoms with van der Waals surface area (Å²) in [6, 6.07) is 4.01. The minimum Gasteiger partial charge on any atom is -0.480 e. The van der Waals surface area contributed by atoms with Gasteiger partial charge >= 0.3 is 5.97 Å². The van der Waals surface area contributed by atoms with Gasteiger partial charge in [-0.3, -0.25) is 4.99 Å². The maximum atomic E-state index is 11.2. The van der Waals surface area contributed by atoms with Crippen LogP contribution in [-0.4, -0.2) is 143 Å². The van der Waals surface area contributed by atoms with Gasteiger partial charge in [0.2, 0.25) is 6.29 Å². The summed E-state index contributed by atoms with van der Waals surface area (Å²) in [6.07, 6.45) is -15.6. The van der Waals surface area contributed by atoms with E-state index in [0.717, 1.165) is 0 Å². The van der Waals surface area contributed by atoms with Gasteiger partial charge in [-0.2, -0.15) is 0 Å². The van der Waals surface area contributed by atoms with Crippen molar-refractivity contribution in [1.29, 1.82) is 0 Å². The molecule has 8 N–H and O–H groups in total. The van der Waals surface area contributed by atoms with Gasteiger partial charge in [0.05, 0.1) is 23.4 Å². The number of benzene rings is 1. The van der Waals surface area contributed by atoms with E-state index in [9.17, 15) is 40.5 Å². The van der Waals surface area contributed by atoms with Crippen LogP contribution in [0, 0.1) is 0 Å². The van der Waals surface area contributed by atoms with Gasteiger partial charge in [0.1, 0.15) is 64.6 Å². The van der Waals surface area contributed by atoms with E-state index in [0.29, 0.717) is 26.0 Å². The summed E-state index contributed by atoms with van der Waals surface area (Å²) in [7, 11) is 0. The molecule has 220 valence electrons. The lowest BCUT2D eigenvalue weighted by Crippen LogP contribution is -2.65. The maximum absolute atomic E-state index is 11.2. The van der Waals surface area contributed by atoms with E-state index in [-0.39, 0.29) is 5.75 Å². The molecule has 15 nitrogen and oxygen atoms in total. The Morgan fingerprint density at radius 3 is 2.33 bits per heavy atom. The van der Waals surface area contributed by atoms with Gasteiger partial charge in [0.25, 0.3) is 0 Å². The fraction of sp³-hybridized carbons (Fsp3) is 0.609. The molecule has 0 saturated carbocycles. The van der Waals surface area contributed by atoms with E-state index in [1.807, 2.05) is 0 Å². The van der Waals surface area contributed by atoms with Crippen LogP contribution in [0.2, 0.25) is 0 Å². The Labute approximate surface area is 234 Å². The van der Waals surface area contributed by atoms with Crippen LogP contribution in [0.1, 0.15) is 5.01 Å². The van der Waals surface area contributed by atoms with Crippen molar-refractivity contribution in [2.24, 2.45) is 4.99 Å². The third-order valence-corrected chi connectivity index (χ3v) is 8.90. The molecule has 4 heterocycles. The highest BCUT2D eigenvalue weighted by molar-refractivity contribution is 8.15. The lowest BCUT2D eigenvalue weighted by Gasteiger charge is -2.45. The van der Waals surface area contributed by atoms with E-state index in [1.165, 1.54) is 23.1 Å². The number of ether oxygens (including phenoxy) is 4. The molecule has 0 bridgehead atoms. The van der Waals surface area contributed by atoms with Crippen LogP contribution in [0.3, 0.4) is 0 Å². The van der Waals surface area contributed by atoms with Gasteiger partial charge in [0.15, 0.2) is 12.3 Å². The number of aliphatic imine (C=N–C) groups is 1. The molecular weight excluding hydrogens is 576 g/mol. The molecule has 0 aliphatic carbocycles. The summed E-state index contributed by atoms with van der Waals surface area (Å²) in [6.45, 7) is -1.39. The zero-order valence-corrected chi connectivity index (χ0v) is 22.2. The number of rotatable bonds is 8. The zero-order valence-electron chi connectivity index (χ0n) is 20.5. The molecule has 2 fully saturated rings. The molecular formula is C23H28N2O13S2. The lowest BCUT2D eigenvalue weighted by atomic mass is 9.97. The number of aliphatic hydroxyl groups is 7. The lowest BCUT2D eigenvalue weighted by molar-refractivity contribution is -0.352. The Morgan fingerprint density at radius 2 is 1.65 bits per heavy atom. The van der Waals surface area contributed by atoms with Crippen molar-refractivity contribution in [3.8, 4) is 5.75 Å². The highest BCUT2D eigenvalue weighted by atomic mass is 32.2. The number of nitrogens with zero attached hydrogens (tertiary/aromatic N) is 2. The summed E-state index contributed by atoms with van der Waals surface area (Å²) in [5.41, 5.74) is 0.612. The number of fused-ring (bicyclic) bond motifs is 1. The number of carboxylic acid groups (broad SMARTS) is 1. The molecule has 3 aliphatic rings. The first-order valence-corrected chi connectivity index (χ1v) is 14.0. The van der Waals surface area contributed by atoms with Crippen molar-refractivity contribution in [1.82, 2.24) is 4.98 Å². The van der Waals surface area contributed by atoms with Gasteiger partial charge in [-0.25, -0.2) is 9.78 Å². The molecule has 2 aromatic rings. The zero-order chi connectivity index (χ0) is 28.7. The molecule has 2 saturated heterocycles. The SMILES string of the molecule is O=C(O)[C@H]1CSC(c2nc3ccc(O[C@@H]4O[C@H](CO)[C@@H](O[C@H]5O[C@H](CO)[C@@H](O)[C@H](O)[C@H]5O)[C@H](O)[C@H]4O)cc3s2)=N1. The molecule has 1 aromatic heterocycles. The summed E-state index contributed by atoms with van der Waals surface area (Å²) in [5.74, 6) is -0.440. The van der Waals surface area contributed by atoms with E-state index in [2.05, 4.69) is 9.98 Å². The fourth-order valence-corrected chi connectivity index (χ4v) is 6.57. The summed E-state index contributed by atoms with van der Waals surface area (Å²) >= 11 is 2.57. The largest absolute Gasteiger partial charge is 0.480 e. The number of aliphatic carboxylic acids is 1. The Morgan fingerprint density at radius 1 is 0.950 bits per heavy atom. The first kappa shape index (κ1) is 29.5. The Hall–Kier alpha value is -2.00. The Bertz CT molecular complexity index is 1240. The van der Waals surface area contributed by atoms with Crippen molar-refractivity contribution < 1.29 is 64.6 Å². The second kappa shape index (κ2) is 12.1. The van der Waals surface area contributed by atoms with Gasteiger partial charge in [-0.1, -0.05) is 0 Å². The molecule has 0 spiro atoms. The average Bonchev–Trinajstić information content (AvgIpc) is 3.60. The minimum atomic E-state index is -1.77. The van der Waals surface area contributed by atoms with E-state index >= 15 is 0 Å². The predicted octanol–water partition coefficient (Wildman–Crippen LogP) is -2.75. The van der Waals surface area contributed by atoms with Crippen LogP contribution in [0.25, 0.3) is 10.2 Å². The number of aliphatic hydroxyl groups excluding tert-OH is 7. The topological polar surface area (TPSA) is 241 Å². The Kier molecular flexibility index (Phi) is 8.91. The highest BCUT2D eigenvalue weighted by Gasteiger charge is 2.51.